The molecular formula is C6H13N3. The summed E-state index contributed by atoms with van der Waals surface area (Å²) in [6, 6.07) is 0. The monoisotopic (exact) mass is 127 g/mol. The Balaban J connectivity index is 3.71. The fraction of sp³-hybridized carbons (Fsp3) is 0.500. The van der Waals surface area contributed by atoms with Crippen LogP contribution in [0.4, 0.5) is 0 Å². The average molecular weight is 127 g/mol. The van der Waals surface area contributed by atoms with E-state index >= 15 is 0 Å². The fourth-order valence-corrected chi connectivity index (χ4v) is 0.445. The molecule has 0 spiro atoms. The third kappa shape index (κ3) is 2.87. The van der Waals surface area contributed by atoms with Gasteiger partial charge in [0.05, 0.1) is 0 Å². The van der Waals surface area contributed by atoms with Gasteiger partial charge in [-0.1, -0.05) is 6.58 Å². The van der Waals surface area contributed by atoms with Crippen molar-refractivity contribution in [2.45, 2.75) is 20.0 Å². The predicted molar refractivity (Wildman–Crippen MR) is 39.9 cm³/mol. The molecular weight excluding hydrogens is 114 g/mol. The molecule has 0 aliphatic heterocycles. The molecule has 2 N–H and O–H groups in total. The van der Waals surface area contributed by atoms with Gasteiger partial charge in [-0.15, -0.1) is 0 Å². The first-order valence-corrected chi connectivity index (χ1v) is 2.85. The molecule has 0 aromatic heterocycles. The zero-order valence-electron chi connectivity index (χ0n) is 5.91. The van der Waals surface area contributed by atoms with Crippen molar-refractivity contribution < 1.29 is 0 Å². The van der Waals surface area contributed by atoms with Gasteiger partial charge in [-0.2, -0.15) is 0 Å². The highest BCUT2D eigenvalue weighted by Crippen LogP contribution is 1.91. The molecule has 0 rings (SSSR count). The van der Waals surface area contributed by atoms with Gasteiger partial charge in [0.25, 0.3) is 0 Å². The van der Waals surface area contributed by atoms with Crippen molar-refractivity contribution in [3.05, 3.63) is 12.8 Å². The number of aliphatic imine (C=N–C) groups is 1. The van der Waals surface area contributed by atoms with Crippen LogP contribution in [-0.2, 0) is 0 Å². The van der Waals surface area contributed by atoms with Crippen LogP contribution in [0.2, 0.25) is 0 Å². The fourth-order valence-electron chi connectivity index (χ4n) is 0.445. The van der Waals surface area contributed by atoms with Gasteiger partial charge in [-0.05, 0) is 20.1 Å². The van der Waals surface area contributed by atoms with Crippen LogP contribution < -0.4 is 5.84 Å². The van der Waals surface area contributed by atoms with E-state index in [2.05, 4.69) is 11.6 Å². The largest absolute Gasteiger partial charge is 0.295 e. The summed E-state index contributed by atoms with van der Waals surface area (Å²) in [7, 11) is 0. The van der Waals surface area contributed by atoms with Crippen LogP contribution >= 0.6 is 0 Å². The first-order chi connectivity index (χ1) is 4.22. The van der Waals surface area contributed by atoms with E-state index in [9.17, 15) is 0 Å². The smallest absolute Gasteiger partial charge is 0.131 e. The van der Waals surface area contributed by atoms with Gasteiger partial charge in [-0.25, -0.2) is 5.84 Å². The highest BCUT2D eigenvalue weighted by molar-refractivity contribution is 5.53. The summed E-state index contributed by atoms with van der Waals surface area (Å²) in [6.45, 7) is 7.24. The Bertz CT molecular complexity index is 109. The molecule has 0 fully saturated rings. The molecule has 9 heavy (non-hydrogen) atoms. The standard InChI is InChI=1S/C6H13N3/c1-4-8-6(3)9(7)5-2/h4-6H,2,7H2,1,3H3. The molecule has 0 bridgehead atoms. The number of hydrazine groups is 1. The van der Waals surface area contributed by atoms with E-state index in [-0.39, 0.29) is 6.17 Å². The highest BCUT2D eigenvalue weighted by Gasteiger charge is 1.97. The van der Waals surface area contributed by atoms with Gasteiger partial charge < -0.3 is 0 Å². The van der Waals surface area contributed by atoms with Crippen molar-refractivity contribution in [1.29, 1.82) is 0 Å². The Hall–Kier alpha value is -0.830. The minimum Gasteiger partial charge on any atom is -0.295 e. The lowest BCUT2D eigenvalue weighted by Crippen LogP contribution is -2.32. The summed E-state index contributed by atoms with van der Waals surface area (Å²) in [6.07, 6.45) is 3.25. The van der Waals surface area contributed by atoms with E-state index in [1.165, 1.54) is 11.2 Å². The highest BCUT2D eigenvalue weighted by atomic mass is 15.4. The van der Waals surface area contributed by atoms with Gasteiger partial charge in [-0.3, -0.25) is 10.0 Å². The second-order valence-corrected chi connectivity index (χ2v) is 1.67. The molecule has 0 saturated heterocycles. The number of nitrogens with zero attached hydrogens (tertiary/aromatic N) is 2. The van der Waals surface area contributed by atoms with E-state index < -0.39 is 0 Å². The first kappa shape index (κ1) is 8.17. The van der Waals surface area contributed by atoms with Gasteiger partial charge >= 0.3 is 0 Å². The summed E-state index contributed by atoms with van der Waals surface area (Å²) >= 11 is 0. The molecule has 0 radical (unpaired) electrons. The molecule has 3 nitrogen and oxygen atoms in total. The molecule has 1 unspecified atom stereocenters. The number of nitrogens with two attached hydrogens (primary N) is 1. The van der Waals surface area contributed by atoms with Gasteiger partial charge in [0.2, 0.25) is 0 Å². The Morgan fingerprint density at radius 3 is 2.67 bits per heavy atom. The van der Waals surface area contributed by atoms with Crippen molar-refractivity contribution in [1.82, 2.24) is 5.01 Å². The van der Waals surface area contributed by atoms with Gasteiger partial charge in [0.15, 0.2) is 0 Å². The maximum Gasteiger partial charge on any atom is 0.131 e. The zero-order chi connectivity index (χ0) is 7.28. The van der Waals surface area contributed by atoms with Crippen molar-refractivity contribution in [3.63, 3.8) is 0 Å². The maximum atomic E-state index is 5.40. The Kier molecular flexibility index (Phi) is 3.71. The molecule has 0 heterocycles. The molecule has 0 aliphatic rings. The van der Waals surface area contributed by atoms with E-state index in [4.69, 9.17) is 5.84 Å². The number of hydrogen-bond acceptors (Lipinski definition) is 3. The Morgan fingerprint density at radius 1 is 1.78 bits per heavy atom. The first-order valence-electron chi connectivity index (χ1n) is 2.85. The SMILES string of the molecule is C=CN(N)C(C)N=CC. The summed E-state index contributed by atoms with van der Waals surface area (Å²) in [5, 5.41) is 1.44. The van der Waals surface area contributed by atoms with Gasteiger partial charge in [0, 0.05) is 6.20 Å². The quantitative estimate of drug-likeness (QED) is 0.345. The van der Waals surface area contributed by atoms with E-state index in [0.717, 1.165) is 0 Å². The van der Waals surface area contributed by atoms with Crippen LogP contribution in [0.1, 0.15) is 13.8 Å². The van der Waals surface area contributed by atoms with E-state index in [1.807, 2.05) is 13.8 Å². The molecule has 1 atom stereocenters. The van der Waals surface area contributed by atoms with Gasteiger partial charge in [0.1, 0.15) is 6.17 Å². The normalized spacial score (nSPS) is 13.7. The van der Waals surface area contributed by atoms with Crippen molar-refractivity contribution in [2.75, 3.05) is 0 Å². The van der Waals surface area contributed by atoms with Crippen molar-refractivity contribution in [2.24, 2.45) is 10.8 Å². The predicted octanol–water partition coefficient (Wildman–Crippen LogP) is 0.742. The molecule has 52 valence electrons. The van der Waals surface area contributed by atoms with Crippen LogP contribution in [-0.4, -0.2) is 17.4 Å². The average Bonchev–Trinajstić information content (AvgIpc) is 1.87. The second kappa shape index (κ2) is 4.09. The van der Waals surface area contributed by atoms with E-state index in [0.29, 0.717) is 0 Å². The number of rotatable bonds is 3. The summed E-state index contributed by atoms with van der Waals surface area (Å²) < 4.78 is 0. The van der Waals surface area contributed by atoms with Crippen molar-refractivity contribution >= 4 is 6.21 Å². The molecule has 0 saturated carbocycles. The van der Waals surface area contributed by atoms with Crippen LogP contribution in [0.5, 0.6) is 0 Å². The van der Waals surface area contributed by atoms with E-state index in [1.54, 1.807) is 6.21 Å². The third-order valence-corrected chi connectivity index (χ3v) is 1.01. The summed E-state index contributed by atoms with van der Waals surface area (Å²) in [5.74, 6) is 5.40. The maximum absolute atomic E-state index is 5.40. The topological polar surface area (TPSA) is 41.6 Å². The molecule has 0 aliphatic carbocycles. The summed E-state index contributed by atoms with van der Waals surface area (Å²) in [4.78, 5) is 4.00. The molecule has 0 aromatic rings. The van der Waals surface area contributed by atoms with Crippen LogP contribution in [0, 0.1) is 0 Å². The summed E-state index contributed by atoms with van der Waals surface area (Å²) in [5.41, 5.74) is 0. The van der Waals surface area contributed by atoms with Crippen LogP contribution in [0.3, 0.4) is 0 Å². The lowest BCUT2D eigenvalue weighted by molar-refractivity contribution is 0.314. The third-order valence-electron chi connectivity index (χ3n) is 1.01. The Morgan fingerprint density at radius 2 is 2.33 bits per heavy atom. The minimum absolute atomic E-state index is 0.00694. The molecule has 3 heteroatoms. The lowest BCUT2D eigenvalue weighted by atomic mass is 10.5. The zero-order valence-corrected chi connectivity index (χ0v) is 5.91. The second-order valence-electron chi connectivity index (χ2n) is 1.67. The molecule has 0 aromatic carbocycles. The van der Waals surface area contributed by atoms with Crippen molar-refractivity contribution in [3.8, 4) is 0 Å². The lowest BCUT2D eigenvalue weighted by Gasteiger charge is -2.16. The van der Waals surface area contributed by atoms with Crippen LogP contribution in [0.25, 0.3) is 0 Å². The minimum atomic E-state index is -0.00694. The molecule has 0 amide bonds. The van der Waals surface area contributed by atoms with Crippen LogP contribution in [0.15, 0.2) is 17.8 Å². The Labute approximate surface area is 55.8 Å². The number of hydrogen-bond donors (Lipinski definition) is 1.